The van der Waals surface area contributed by atoms with E-state index in [9.17, 15) is 4.79 Å². The van der Waals surface area contributed by atoms with Crippen LogP contribution < -0.4 is 10.1 Å². The Morgan fingerprint density at radius 2 is 2.29 bits per heavy atom. The number of aliphatic hydroxyl groups is 1. The molecule has 1 aliphatic rings. The Kier molecular flexibility index (Phi) is 3.33. The van der Waals surface area contributed by atoms with Crippen molar-refractivity contribution in [2.24, 2.45) is 5.41 Å². The summed E-state index contributed by atoms with van der Waals surface area (Å²) in [6, 6.07) is 7.57. The molecule has 0 atom stereocenters. The average molecular weight is 235 g/mol. The van der Waals surface area contributed by atoms with Crippen LogP contribution in [0.1, 0.15) is 18.4 Å². The summed E-state index contributed by atoms with van der Waals surface area (Å²) in [5.74, 6) is 0.725. The second kappa shape index (κ2) is 4.75. The molecule has 1 aromatic carbocycles. The summed E-state index contributed by atoms with van der Waals surface area (Å²) < 4.78 is 5.11. The fraction of sp³-hybridized carbons (Fsp3) is 0.462. The molecule has 92 valence electrons. The monoisotopic (exact) mass is 235 g/mol. The summed E-state index contributed by atoms with van der Waals surface area (Å²) in [7, 11) is 1.61. The summed E-state index contributed by atoms with van der Waals surface area (Å²) in [6.45, 7) is 0.411. The number of nitrogens with one attached hydrogen (secondary N) is 1. The number of hydrogen-bond donors (Lipinski definition) is 2. The number of ether oxygens (including phenoxy) is 1. The first-order valence-electron chi connectivity index (χ1n) is 5.72. The van der Waals surface area contributed by atoms with Gasteiger partial charge in [0.05, 0.1) is 19.1 Å². The first-order chi connectivity index (χ1) is 8.20. The van der Waals surface area contributed by atoms with Gasteiger partial charge in [-0.2, -0.15) is 0 Å². The van der Waals surface area contributed by atoms with E-state index in [2.05, 4.69) is 5.32 Å². The van der Waals surface area contributed by atoms with Crippen molar-refractivity contribution < 1.29 is 14.6 Å². The minimum Gasteiger partial charge on any atom is -0.497 e. The molecule has 0 spiro atoms. The Bertz CT molecular complexity index is 413. The predicted molar refractivity (Wildman–Crippen MR) is 63.6 cm³/mol. The second-order valence-electron chi connectivity index (χ2n) is 4.47. The summed E-state index contributed by atoms with van der Waals surface area (Å²) in [4.78, 5) is 11.8. The van der Waals surface area contributed by atoms with Gasteiger partial charge in [0.25, 0.3) is 0 Å². The Balaban J connectivity index is 1.91. The second-order valence-corrected chi connectivity index (χ2v) is 4.47. The third-order valence-corrected chi connectivity index (χ3v) is 3.23. The molecule has 1 fully saturated rings. The van der Waals surface area contributed by atoms with Crippen LogP contribution in [0.3, 0.4) is 0 Å². The van der Waals surface area contributed by atoms with Crippen LogP contribution in [0.2, 0.25) is 0 Å². The van der Waals surface area contributed by atoms with E-state index in [1.54, 1.807) is 7.11 Å². The molecular weight excluding hydrogens is 218 g/mol. The van der Waals surface area contributed by atoms with Crippen LogP contribution in [0.5, 0.6) is 5.75 Å². The molecule has 4 heteroatoms. The van der Waals surface area contributed by atoms with E-state index < -0.39 is 5.41 Å². The highest BCUT2D eigenvalue weighted by Crippen LogP contribution is 2.45. The maximum Gasteiger partial charge on any atom is 0.228 e. The fourth-order valence-electron chi connectivity index (χ4n) is 1.76. The Morgan fingerprint density at radius 3 is 2.88 bits per heavy atom. The molecule has 17 heavy (non-hydrogen) atoms. The number of rotatable bonds is 5. The van der Waals surface area contributed by atoms with Crippen molar-refractivity contribution in [2.45, 2.75) is 19.4 Å². The van der Waals surface area contributed by atoms with Gasteiger partial charge < -0.3 is 15.2 Å². The SMILES string of the molecule is COc1cccc(CNC(=O)C2(CO)CC2)c1. The minimum atomic E-state index is -0.501. The van der Waals surface area contributed by atoms with Gasteiger partial charge in [-0.1, -0.05) is 12.1 Å². The number of carbonyl (C=O) groups excluding carboxylic acids is 1. The van der Waals surface area contributed by atoms with Crippen LogP contribution in [0.15, 0.2) is 24.3 Å². The van der Waals surface area contributed by atoms with Crippen molar-refractivity contribution in [3.63, 3.8) is 0 Å². The maximum absolute atomic E-state index is 11.8. The average Bonchev–Trinajstić information content (AvgIpc) is 3.17. The largest absolute Gasteiger partial charge is 0.497 e. The van der Waals surface area contributed by atoms with E-state index in [1.807, 2.05) is 24.3 Å². The summed E-state index contributed by atoms with van der Waals surface area (Å²) >= 11 is 0. The highest BCUT2D eigenvalue weighted by atomic mass is 16.5. The zero-order chi connectivity index (χ0) is 12.3. The third kappa shape index (κ3) is 2.58. The molecular formula is C13H17NO3. The van der Waals surface area contributed by atoms with Gasteiger partial charge in [0.1, 0.15) is 5.75 Å². The third-order valence-electron chi connectivity index (χ3n) is 3.23. The van der Waals surface area contributed by atoms with Gasteiger partial charge in [0.15, 0.2) is 0 Å². The Labute approximate surface area is 101 Å². The number of carbonyl (C=O) groups is 1. The topological polar surface area (TPSA) is 58.6 Å². The molecule has 1 aromatic rings. The molecule has 2 rings (SSSR count). The van der Waals surface area contributed by atoms with Crippen LogP contribution in [0.25, 0.3) is 0 Å². The standard InChI is InChI=1S/C13H17NO3/c1-17-11-4-2-3-10(7-11)8-14-12(16)13(9-15)5-6-13/h2-4,7,15H,5-6,8-9H2,1H3,(H,14,16). The van der Waals surface area contributed by atoms with Gasteiger partial charge in [0, 0.05) is 6.54 Å². The van der Waals surface area contributed by atoms with Gasteiger partial charge in [-0.3, -0.25) is 4.79 Å². The lowest BCUT2D eigenvalue weighted by Gasteiger charge is -2.12. The van der Waals surface area contributed by atoms with Gasteiger partial charge in [-0.15, -0.1) is 0 Å². The van der Waals surface area contributed by atoms with Crippen LogP contribution in [0, 0.1) is 5.41 Å². The van der Waals surface area contributed by atoms with E-state index in [1.165, 1.54) is 0 Å². The molecule has 1 saturated carbocycles. The van der Waals surface area contributed by atoms with Crippen molar-refractivity contribution in [1.82, 2.24) is 5.32 Å². The van der Waals surface area contributed by atoms with E-state index in [-0.39, 0.29) is 12.5 Å². The van der Waals surface area contributed by atoms with Crippen LogP contribution in [-0.4, -0.2) is 24.7 Å². The van der Waals surface area contributed by atoms with Crippen molar-refractivity contribution in [3.05, 3.63) is 29.8 Å². The predicted octanol–water partition coefficient (Wildman–Crippen LogP) is 1.08. The van der Waals surface area contributed by atoms with Crippen molar-refractivity contribution in [3.8, 4) is 5.75 Å². The first-order valence-corrected chi connectivity index (χ1v) is 5.72. The fourth-order valence-corrected chi connectivity index (χ4v) is 1.76. The number of aliphatic hydroxyl groups excluding tert-OH is 1. The number of hydrogen-bond acceptors (Lipinski definition) is 3. The van der Waals surface area contributed by atoms with Gasteiger partial charge in [-0.25, -0.2) is 0 Å². The normalized spacial score (nSPS) is 16.4. The molecule has 1 aliphatic carbocycles. The smallest absolute Gasteiger partial charge is 0.228 e. The molecule has 0 bridgehead atoms. The van der Waals surface area contributed by atoms with Crippen molar-refractivity contribution in [2.75, 3.05) is 13.7 Å². The van der Waals surface area contributed by atoms with Gasteiger partial charge in [0.2, 0.25) is 5.91 Å². The highest BCUT2D eigenvalue weighted by molar-refractivity contribution is 5.85. The Morgan fingerprint density at radius 1 is 1.53 bits per heavy atom. The molecule has 0 heterocycles. The molecule has 2 N–H and O–H groups in total. The zero-order valence-electron chi connectivity index (χ0n) is 9.90. The molecule has 0 saturated heterocycles. The van der Waals surface area contributed by atoms with E-state index in [0.717, 1.165) is 24.2 Å². The van der Waals surface area contributed by atoms with E-state index >= 15 is 0 Å². The molecule has 0 aromatic heterocycles. The summed E-state index contributed by atoms with van der Waals surface area (Å²) in [6.07, 6.45) is 1.57. The zero-order valence-corrected chi connectivity index (χ0v) is 9.90. The van der Waals surface area contributed by atoms with E-state index in [4.69, 9.17) is 9.84 Å². The van der Waals surface area contributed by atoms with Crippen LogP contribution in [0.4, 0.5) is 0 Å². The first kappa shape index (κ1) is 11.9. The molecule has 0 unspecified atom stereocenters. The summed E-state index contributed by atoms with van der Waals surface area (Å²) in [5, 5.41) is 12.0. The molecule has 1 amide bonds. The lowest BCUT2D eigenvalue weighted by molar-refractivity contribution is -0.127. The minimum absolute atomic E-state index is 0.0529. The lowest BCUT2D eigenvalue weighted by atomic mass is 10.1. The molecule has 0 aliphatic heterocycles. The quantitative estimate of drug-likeness (QED) is 0.803. The number of amides is 1. The number of benzene rings is 1. The van der Waals surface area contributed by atoms with Crippen LogP contribution in [-0.2, 0) is 11.3 Å². The van der Waals surface area contributed by atoms with E-state index in [0.29, 0.717) is 6.54 Å². The summed E-state index contributed by atoms with van der Waals surface area (Å²) in [5.41, 5.74) is 0.491. The Hall–Kier alpha value is -1.55. The highest BCUT2D eigenvalue weighted by Gasteiger charge is 2.49. The van der Waals surface area contributed by atoms with Gasteiger partial charge >= 0.3 is 0 Å². The van der Waals surface area contributed by atoms with Crippen LogP contribution >= 0.6 is 0 Å². The van der Waals surface area contributed by atoms with Gasteiger partial charge in [-0.05, 0) is 30.5 Å². The maximum atomic E-state index is 11.8. The molecule has 0 radical (unpaired) electrons. The van der Waals surface area contributed by atoms with Crippen molar-refractivity contribution >= 4 is 5.91 Å². The number of methoxy groups -OCH3 is 1. The van der Waals surface area contributed by atoms with Crippen molar-refractivity contribution in [1.29, 1.82) is 0 Å². The molecule has 4 nitrogen and oxygen atoms in total. The lowest BCUT2D eigenvalue weighted by Crippen LogP contribution is -2.33.